The van der Waals surface area contributed by atoms with E-state index in [1.165, 1.54) is 6.16 Å². The summed E-state index contributed by atoms with van der Waals surface area (Å²) in [5.74, 6) is 2.49. The molecule has 1 aromatic rings. The Morgan fingerprint density at radius 3 is 2.24 bits per heavy atom. The van der Waals surface area contributed by atoms with Gasteiger partial charge in [-0.3, -0.25) is 4.99 Å². The first-order valence-electron chi connectivity index (χ1n) is 7.23. The largest absolute Gasteiger partial charge is 0.497 e. The monoisotopic (exact) mass is 328 g/mol. The molecule has 1 aromatic carbocycles. The Hall–Kier alpha value is -0.730. The molecule has 0 fully saturated rings. The van der Waals surface area contributed by atoms with Crippen molar-refractivity contribution in [1.82, 2.24) is 0 Å². The summed E-state index contributed by atoms with van der Waals surface area (Å²) in [7, 11) is 4.24. The lowest BCUT2D eigenvalue weighted by Gasteiger charge is -2.22. The van der Waals surface area contributed by atoms with E-state index in [9.17, 15) is 0 Å². The van der Waals surface area contributed by atoms with Crippen molar-refractivity contribution in [3.05, 3.63) is 24.3 Å². The van der Waals surface area contributed by atoms with Gasteiger partial charge in [-0.25, -0.2) is 0 Å². The van der Waals surface area contributed by atoms with Crippen LogP contribution in [-0.2, 0) is 0 Å². The molecule has 5 heteroatoms. The third-order valence-electron chi connectivity index (χ3n) is 2.96. The summed E-state index contributed by atoms with van der Waals surface area (Å²) in [6.45, 7) is 8.30. The van der Waals surface area contributed by atoms with Crippen LogP contribution in [0.15, 0.2) is 29.3 Å². The summed E-state index contributed by atoms with van der Waals surface area (Å²) in [5, 5.41) is 3.28. The molecule has 1 N–H and O–H groups in total. The van der Waals surface area contributed by atoms with Gasteiger partial charge in [0.05, 0.1) is 18.5 Å². The minimum absolute atomic E-state index is 0.104. The van der Waals surface area contributed by atoms with Crippen LogP contribution >= 0.6 is 21.9 Å². The number of hydrogen-bond acceptors (Lipinski definition) is 3. The molecule has 0 aliphatic rings. The van der Waals surface area contributed by atoms with Crippen molar-refractivity contribution in [2.45, 2.75) is 39.7 Å². The highest BCUT2D eigenvalue weighted by atomic mass is 32.1. The highest BCUT2D eigenvalue weighted by Gasteiger charge is 2.18. The quantitative estimate of drug-likeness (QED) is 0.361. The number of benzene rings is 1. The van der Waals surface area contributed by atoms with Crippen LogP contribution in [-0.4, -0.2) is 30.4 Å². The molecule has 0 saturated carbocycles. The molecule has 21 heavy (non-hydrogen) atoms. The molecular weight excluding hydrogens is 299 g/mol. The van der Waals surface area contributed by atoms with Crippen LogP contribution in [0, 0.1) is 0 Å². The number of methoxy groups -OCH3 is 1. The molecule has 0 spiro atoms. The molecule has 2 atom stereocenters. The molecule has 120 valence electrons. The molecule has 0 aliphatic carbocycles. The highest BCUT2D eigenvalue weighted by molar-refractivity contribution is 7.80. The average Bonchev–Trinajstić information content (AvgIpc) is 2.48. The van der Waals surface area contributed by atoms with E-state index < -0.39 is 0 Å². The molecule has 0 radical (unpaired) electrons. The van der Waals surface area contributed by atoms with Gasteiger partial charge >= 0.3 is 0 Å². The average molecular weight is 328 g/mol. The van der Waals surface area contributed by atoms with E-state index in [0.717, 1.165) is 29.4 Å². The number of aliphatic imine (C=N–C) groups is 1. The lowest BCUT2D eigenvalue weighted by Crippen LogP contribution is -2.26. The van der Waals surface area contributed by atoms with Gasteiger partial charge in [-0.05, 0) is 50.7 Å². The van der Waals surface area contributed by atoms with Gasteiger partial charge in [0.15, 0.2) is 0 Å². The van der Waals surface area contributed by atoms with Gasteiger partial charge < -0.3 is 10.1 Å². The third-order valence-corrected chi connectivity index (χ3v) is 3.64. The van der Waals surface area contributed by atoms with Gasteiger partial charge in [-0.2, -0.15) is 12.6 Å². The van der Waals surface area contributed by atoms with Crippen molar-refractivity contribution in [3.8, 4) is 5.75 Å². The first-order chi connectivity index (χ1) is 9.94. The maximum atomic E-state index is 5.12. The number of nitrogens with zero attached hydrogens (tertiary/aromatic N) is 1. The predicted molar refractivity (Wildman–Crippen MR) is 103 cm³/mol. The number of ether oxygens (including phenoxy) is 1. The van der Waals surface area contributed by atoms with Crippen LogP contribution < -0.4 is 10.1 Å². The Bertz CT molecular complexity index is 417. The third kappa shape index (κ3) is 8.33. The summed E-state index contributed by atoms with van der Waals surface area (Å²) in [6.07, 6.45) is 2.14. The zero-order valence-corrected chi connectivity index (χ0v) is 15.9. The summed E-state index contributed by atoms with van der Waals surface area (Å²) in [6, 6.07) is 7.80. The number of rotatable bonds is 5. The lowest BCUT2D eigenvalue weighted by atomic mass is 10.0. The zero-order valence-electron chi connectivity index (χ0n) is 13.8. The Morgan fingerprint density at radius 1 is 1.33 bits per heavy atom. The van der Waals surface area contributed by atoms with Crippen LogP contribution in [0.1, 0.15) is 34.1 Å². The minimum atomic E-state index is -0.104. The van der Waals surface area contributed by atoms with E-state index in [0.29, 0.717) is 0 Å². The molecule has 0 aromatic heterocycles. The number of thiol groups is 1. The Kier molecular flexibility index (Phi) is 10.5. The molecule has 0 bridgehead atoms. The van der Waals surface area contributed by atoms with Gasteiger partial charge in [0.2, 0.25) is 0 Å². The lowest BCUT2D eigenvalue weighted by molar-refractivity contribution is 0.415. The smallest absolute Gasteiger partial charge is 0.119 e. The second-order valence-corrected chi connectivity index (χ2v) is 6.10. The van der Waals surface area contributed by atoms with Crippen molar-refractivity contribution in [2.24, 2.45) is 4.99 Å². The van der Waals surface area contributed by atoms with Crippen molar-refractivity contribution in [2.75, 3.05) is 24.3 Å². The van der Waals surface area contributed by atoms with E-state index >= 15 is 0 Å². The molecule has 1 rings (SSSR count). The fourth-order valence-electron chi connectivity index (χ4n) is 1.54. The first kappa shape index (κ1) is 20.3. The van der Waals surface area contributed by atoms with Gasteiger partial charge in [0.1, 0.15) is 5.75 Å². The molecular formula is C16H29N2OPS. The number of hydrogen-bond donors (Lipinski definition) is 2. The van der Waals surface area contributed by atoms with Crippen molar-refractivity contribution in [3.63, 3.8) is 0 Å². The fraction of sp³-hybridized carbons (Fsp3) is 0.562. The highest BCUT2D eigenvalue weighted by Crippen LogP contribution is 2.19. The van der Waals surface area contributed by atoms with E-state index in [-0.39, 0.29) is 5.54 Å². The standard InChI is InChI=1S/C14H22N2OS.C2H7P/c1-5-14(3,10-18)16-11(2)15-12-6-8-13(17-4)9-7-12;1-2-3/h6-9,18H,5,10H2,1-4H3,(H,15,16);2-3H2,1H3. The molecule has 0 amide bonds. The van der Waals surface area contributed by atoms with Crippen molar-refractivity contribution >= 4 is 33.4 Å². The molecule has 0 saturated heterocycles. The fourth-order valence-corrected chi connectivity index (χ4v) is 1.84. The number of anilines is 1. The Labute approximate surface area is 137 Å². The normalized spacial score (nSPS) is 13.8. The van der Waals surface area contributed by atoms with Crippen LogP contribution in [0.25, 0.3) is 0 Å². The first-order valence-corrected chi connectivity index (χ1v) is 8.68. The van der Waals surface area contributed by atoms with Crippen molar-refractivity contribution < 1.29 is 4.74 Å². The van der Waals surface area contributed by atoms with E-state index in [2.05, 4.69) is 52.9 Å². The Morgan fingerprint density at radius 2 is 1.86 bits per heavy atom. The van der Waals surface area contributed by atoms with Crippen LogP contribution in [0.4, 0.5) is 5.69 Å². The zero-order chi connectivity index (χ0) is 16.3. The van der Waals surface area contributed by atoms with Gasteiger partial charge in [-0.15, -0.1) is 9.24 Å². The van der Waals surface area contributed by atoms with Gasteiger partial charge in [0, 0.05) is 11.4 Å². The number of nitrogens with one attached hydrogen (secondary N) is 1. The second kappa shape index (κ2) is 10.9. The number of amidine groups is 1. The molecule has 0 aliphatic heterocycles. The van der Waals surface area contributed by atoms with E-state index in [1.54, 1.807) is 7.11 Å². The van der Waals surface area contributed by atoms with Crippen molar-refractivity contribution in [1.29, 1.82) is 0 Å². The molecule has 3 nitrogen and oxygen atoms in total. The maximum absolute atomic E-state index is 5.12. The van der Waals surface area contributed by atoms with Crippen LogP contribution in [0.3, 0.4) is 0 Å². The summed E-state index contributed by atoms with van der Waals surface area (Å²) in [5.41, 5.74) is 0.904. The van der Waals surface area contributed by atoms with Crippen LogP contribution in [0.5, 0.6) is 5.75 Å². The maximum Gasteiger partial charge on any atom is 0.119 e. The SMILES string of the molecule is CCC(C)(CS)N=C(C)Nc1ccc(OC)cc1.CCP. The molecule has 0 heterocycles. The topological polar surface area (TPSA) is 33.6 Å². The minimum Gasteiger partial charge on any atom is -0.497 e. The van der Waals surface area contributed by atoms with Crippen LogP contribution in [0.2, 0.25) is 0 Å². The molecule has 2 unspecified atom stereocenters. The summed E-state index contributed by atoms with van der Waals surface area (Å²) < 4.78 is 5.12. The van der Waals surface area contributed by atoms with E-state index in [1.807, 2.05) is 31.2 Å². The summed E-state index contributed by atoms with van der Waals surface area (Å²) in [4.78, 5) is 4.68. The predicted octanol–water partition coefficient (Wildman–Crippen LogP) is 4.51. The summed E-state index contributed by atoms with van der Waals surface area (Å²) >= 11 is 4.36. The van der Waals surface area contributed by atoms with Gasteiger partial charge in [-0.1, -0.05) is 13.8 Å². The second-order valence-electron chi connectivity index (χ2n) is 4.97. The Balaban J connectivity index is 0.00000122. The van der Waals surface area contributed by atoms with Gasteiger partial charge in [0.25, 0.3) is 0 Å². The van der Waals surface area contributed by atoms with E-state index in [4.69, 9.17) is 4.74 Å².